The summed E-state index contributed by atoms with van der Waals surface area (Å²) in [5.74, 6) is -1.25. The summed E-state index contributed by atoms with van der Waals surface area (Å²) in [7, 11) is 4.03. The van der Waals surface area contributed by atoms with Crippen LogP contribution in [0.4, 0.5) is 11.4 Å². The van der Waals surface area contributed by atoms with Crippen molar-refractivity contribution in [2.45, 2.75) is 25.8 Å². The van der Waals surface area contributed by atoms with Gasteiger partial charge in [-0.1, -0.05) is 29.8 Å². The minimum atomic E-state index is -0.642. The summed E-state index contributed by atoms with van der Waals surface area (Å²) in [4.78, 5) is 29.0. The monoisotopic (exact) mass is 394 g/mol. The predicted molar refractivity (Wildman–Crippen MR) is 117 cm³/mol. The molecule has 2 aromatic rings. The van der Waals surface area contributed by atoms with E-state index in [0.29, 0.717) is 12.2 Å². The zero-order chi connectivity index (χ0) is 20.8. The maximum atomic E-state index is 12.4. The molecule has 0 aromatic heterocycles. The fourth-order valence-electron chi connectivity index (χ4n) is 3.60. The topological polar surface area (TPSA) is 64.7 Å². The molecular weight excluding hydrogens is 364 g/mol. The molecule has 0 saturated carbocycles. The molecule has 1 aliphatic rings. The van der Waals surface area contributed by atoms with Gasteiger partial charge in [-0.2, -0.15) is 0 Å². The maximum absolute atomic E-state index is 12.4. The summed E-state index contributed by atoms with van der Waals surface area (Å²) >= 11 is 0. The third-order valence-corrected chi connectivity index (χ3v) is 5.35. The van der Waals surface area contributed by atoms with Crippen LogP contribution in [0, 0.1) is 6.92 Å². The van der Waals surface area contributed by atoms with E-state index >= 15 is 0 Å². The second-order valence-electron chi connectivity index (χ2n) is 7.78. The van der Waals surface area contributed by atoms with Gasteiger partial charge in [-0.05, 0) is 62.7 Å². The molecule has 1 heterocycles. The lowest BCUT2D eigenvalue weighted by Crippen LogP contribution is -2.41. The first-order valence-electron chi connectivity index (χ1n) is 10.1. The highest BCUT2D eigenvalue weighted by Crippen LogP contribution is 2.26. The first kappa shape index (κ1) is 20.9. The number of carbonyl (C=O) groups excluding carboxylic acids is 2. The number of anilines is 2. The molecule has 1 unspecified atom stereocenters. The Balaban J connectivity index is 1.63. The van der Waals surface area contributed by atoms with E-state index in [9.17, 15) is 9.59 Å². The van der Waals surface area contributed by atoms with Crippen molar-refractivity contribution in [1.29, 1.82) is 0 Å². The highest BCUT2D eigenvalue weighted by Gasteiger charge is 2.25. The number of amides is 2. The normalized spacial score (nSPS) is 15.0. The minimum Gasteiger partial charge on any atom is -0.378 e. The molecule has 2 amide bonds. The molecule has 0 bridgehead atoms. The van der Waals surface area contributed by atoms with E-state index in [1.165, 1.54) is 0 Å². The quantitative estimate of drug-likeness (QED) is 0.740. The molecular formula is C23H30N4O2. The van der Waals surface area contributed by atoms with Crippen molar-refractivity contribution in [1.82, 2.24) is 10.2 Å². The lowest BCUT2D eigenvalue weighted by molar-refractivity contribution is -0.136. The predicted octanol–water partition coefficient (Wildman–Crippen LogP) is 2.95. The SMILES string of the molecule is Cc1ccc(NC(=O)C(=O)NCC(c2ccc(N(C)C)cc2)N2CCCC2)cc1. The van der Waals surface area contributed by atoms with Gasteiger partial charge in [-0.25, -0.2) is 0 Å². The number of likely N-dealkylation sites (tertiary alicyclic amines) is 1. The van der Waals surface area contributed by atoms with Crippen molar-refractivity contribution < 1.29 is 9.59 Å². The zero-order valence-corrected chi connectivity index (χ0v) is 17.4. The first-order chi connectivity index (χ1) is 13.9. The van der Waals surface area contributed by atoms with Gasteiger partial charge in [0.05, 0.1) is 6.04 Å². The fraction of sp³-hybridized carbons (Fsp3) is 0.391. The molecule has 1 aliphatic heterocycles. The van der Waals surface area contributed by atoms with Gasteiger partial charge in [0, 0.05) is 32.0 Å². The van der Waals surface area contributed by atoms with Crippen molar-refractivity contribution >= 4 is 23.2 Å². The number of aryl methyl sites for hydroxylation is 1. The molecule has 1 saturated heterocycles. The van der Waals surface area contributed by atoms with E-state index in [2.05, 4.69) is 44.7 Å². The van der Waals surface area contributed by atoms with Gasteiger partial charge in [0.25, 0.3) is 0 Å². The van der Waals surface area contributed by atoms with Crippen LogP contribution in [-0.2, 0) is 9.59 Å². The van der Waals surface area contributed by atoms with Crippen LogP contribution in [0.2, 0.25) is 0 Å². The molecule has 6 nitrogen and oxygen atoms in total. The first-order valence-corrected chi connectivity index (χ1v) is 10.1. The van der Waals surface area contributed by atoms with Crippen LogP contribution in [-0.4, -0.2) is 50.4 Å². The highest BCUT2D eigenvalue weighted by molar-refractivity contribution is 6.39. The molecule has 2 N–H and O–H groups in total. The van der Waals surface area contributed by atoms with Crippen molar-refractivity contribution in [2.75, 3.05) is 43.9 Å². The van der Waals surface area contributed by atoms with Crippen LogP contribution in [0.5, 0.6) is 0 Å². The second kappa shape index (κ2) is 9.56. The second-order valence-corrected chi connectivity index (χ2v) is 7.78. The third kappa shape index (κ3) is 5.57. The molecule has 0 aliphatic carbocycles. The average Bonchev–Trinajstić information content (AvgIpc) is 3.24. The summed E-state index contributed by atoms with van der Waals surface area (Å²) in [5, 5.41) is 5.48. The fourth-order valence-corrected chi connectivity index (χ4v) is 3.60. The number of nitrogens with zero attached hydrogens (tertiary/aromatic N) is 2. The van der Waals surface area contributed by atoms with Crippen molar-refractivity contribution in [3.05, 3.63) is 59.7 Å². The number of hydrogen-bond acceptors (Lipinski definition) is 4. The van der Waals surface area contributed by atoms with E-state index in [0.717, 1.165) is 42.7 Å². The molecule has 1 fully saturated rings. The van der Waals surface area contributed by atoms with Crippen LogP contribution in [0.25, 0.3) is 0 Å². The largest absolute Gasteiger partial charge is 0.378 e. The molecule has 6 heteroatoms. The van der Waals surface area contributed by atoms with Crippen LogP contribution >= 0.6 is 0 Å². The Labute approximate surface area is 172 Å². The molecule has 2 aromatic carbocycles. The number of carbonyl (C=O) groups is 2. The summed E-state index contributed by atoms with van der Waals surface area (Å²) in [6.07, 6.45) is 2.32. The summed E-state index contributed by atoms with van der Waals surface area (Å²) < 4.78 is 0. The number of nitrogens with one attached hydrogen (secondary N) is 2. The van der Waals surface area contributed by atoms with Crippen LogP contribution < -0.4 is 15.5 Å². The molecule has 154 valence electrons. The standard InChI is InChI=1S/C23H30N4O2/c1-17-6-10-19(11-7-17)25-23(29)22(28)24-16-21(27-14-4-5-15-27)18-8-12-20(13-9-18)26(2)3/h6-13,21H,4-5,14-16H2,1-3H3,(H,24,28)(H,25,29). The van der Waals surface area contributed by atoms with E-state index < -0.39 is 11.8 Å². The van der Waals surface area contributed by atoms with E-state index in [4.69, 9.17) is 0 Å². The van der Waals surface area contributed by atoms with Gasteiger partial charge in [0.1, 0.15) is 0 Å². The van der Waals surface area contributed by atoms with Gasteiger partial charge in [-0.3, -0.25) is 14.5 Å². The average molecular weight is 395 g/mol. The Morgan fingerprint density at radius 2 is 1.59 bits per heavy atom. The van der Waals surface area contributed by atoms with E-state index in [-0.39, 0.29) is 6.04 Å². The summed E-state index contributed by atoms with van der Waals surface area (Å²) in [5.41, 5.74) is 4.00. The highest BCUT2D eigenvalue weighted by atomic mass is 16.2. The van der Waals surface area contributed by atoms with Gasteiger partial charge < -0.3 is 15.5 Å². The van der Waals surface area contributed by atoms with Crippen molar-refractivity contribution in [2.24, 2.45) is 0 Å². The van der Waals surface area contributed by atoms with Gasteiger partial charge in [-0.15, -0.1) is 0 Å². The Morgan fingerprint density at radius 3 is 2.17 bits per heavy atom. The van der Waals surface area contributed by atoms with Crippen molar-refractivity contribution in [3.8, 4) is 0 Å². The van der Waals surface area contributed by atoms with Gasteiger partial charge in [0.2, 0.25) is 0 Å². The third-order valence-electron chi connectivity index (χ3n) is 5.35. The van der Waals surface area contributed by atoms with Crippen LogP contribution in [0.15, 0.2) is 48.5 Å². The zero-order valence-electron chi connectivity index (χ0n) is 17.4. The molecule has 3 rings (SSSR count). The molecule has 29 heavy (non-hydrogen) atoms. The Morgan fingerprint density at radius 1 is 0.966 bits per heavy atom. The molecule has 1 atom stereocenters. The Bertz CT molecular complexity index is 825. The summed E-state index contributed by atoms with van der Waals surface area (Å²) in [6, 6.07) is 15.8. The Hall–Kier alpha value is -2.86. The molecule has 0 spiro atoms. The smallest absolute Gasteiger partial charge is 0.313 e. The van der Waals surface area contributed by atoms with Gasteiger partial charge in [0.15, 0.2) is 0 Å². The summed E-state index contributed by atoms with van der Waals surface area (Å²) in [6.45, 7) is 4.39. The van der Waals surface area contributed by atoms with E-state index in [1.54, 1.807) is 12.1 Å². The van der Waals surface area contributed by atoms with Crippen LogP contribution in [0.3, 0.4) is 0 Å². The molecule has 0 radical (unpaired) electrons. The lowest BCUT2D eigenvalue weighted by atomic mass is 10.0. The lowest BCUT2D eigenvalue weighted by Gasteiger charge is -2.28. The number of hydrogen-bond donors (Lipinski definition) is 2. The Kier molecular flexibility index (Phi) is 6.88. The van der Waals surface area contributed by atoms with Gasteiger partial charge >= 0.3 is 11.8 Å². The minimum absolute atomic E-state index is 0.0600. The number of benzene rings is 2. The number of rotatable bonds is 6. The van der Waals surface area contributed by atoms with Crippen LogP contribution in [0.1, 0.15) is 30.0 Å². The van der Waals surface area contributed by atoms with Crippen molar-refractivity contribution in [3.63, 3.8) is 0 Å². The van der Waals surface area contributed by atoms with E-state index in [1.807, 2.05) is 33.2 Å². The maximum Gasteiger partial charge on any atom is 0.313 e.